The Balaban J connectivity index is 1.77. The number of nitrogens with zero attached hydrogens (tertiary/aromatic N) is 1. The molecule has 106 valence electrons. The zero-order chi connectivity index (χ0) is 13.2. The van der Waals surface area contributed by atoms with Gasteiger partial charge in [-0.2, -0.15) is 13.2 Å². The molecule has 2 rings (SSSR count). The second-order valence-corrected chi connectivity index (χ2v) is 5.73. The van der Waals surface area contributed by atoms with E-state index in [1.165, 1.54) is 32.1 Å². The number of fused-ring (bicyclic) bond motifs is 1. The number of nitrogens with one attached hydrogen (secondary N) is 1. The highest BCUT2D eigenvalue weighted by Gasteiger charge is 2.37. The van der Waals surface area contributed by atoms with Crippen molar-refractivity contribution in [1.29, 1.82) is 0 Å². The average Bonchev–Trinajstić information content (AvgIpc) is 2.70. The lowest BCUT2D eigenvalue weighted by atomic mass is 9.85. The highest BCUT2D eigenvalue weighted by Crippen LogP contribution is 2.37. The topological polar surface area (TPSA) is 15.3 Å². The Morgan fingerprint density at radius 2 is 1.94 bits per heavy atom. The Morgan fingerprint density at radius 3 is 2.67 bits per heavy atom. The van der Waals surface area contributed by atoms with Gasteiger partial charge in [0.05, 0.1) is 6.54 Å². The minimum absolute atomic E-state index is 0.209. The van der Waals surface area contributed by atoms with Crippen LogP contribution in [0.4, 0.5) is 13.2 Å². The van der Waals surface area contributed by atoms with Crippen LogP contribution in [0.15, 0.2) is 0 Å². The number of hydrogen-bond acceptors (Lipinski definition) is 2. The minimum Gasteiger partial charge on any atom is -0.307 e. The van der Waals surface area contributed by atoms with Crippen molar-refractivity contribution in [3.8, 4) is 0 Å². The van der Waals surface area contributed by atoms with Crippen LogP contribution in [0, 0.1) is 5.92 Å². The fourth-order valence-electron chi connectivity index (χ4n) is 3.53. The molecule has 1 saturated heterocycles. The molecular weight excluding hydrogens is 241 g/mol. The molecule has 0 aromatic heterocycles. The fraction of sp³-hybridized carbons (Fsp3) is 1.00. The summed E-state index contributed by atoms with van der Waals surface area (Å²) in [6, 6.07) is 0.835. The molecule has 0 aromatic rings. The lowest BCUT2D eigenvalue weighted by molar-refractivity contribution is -0.125. The Labute approximate surface area is 107 Å². The van der Waals surface area contributed by atoms with Crippen LogP contribution >= 0.6 is 0 Å². The van der Waals surface area contributed by atoms with E-state index in [0.717, 1.165) is 12.5 Å². The Kier molecular flexibility index (Phi) is 4.54. The SMILES string of the molecule is CC(CNCC(F)(F)F)N1CCC2CCCCC21. The molecule has 3 unspecified atom stereocenters. The highest BCUT2D eigenvalue weighted by molar-refractivity contribution is 4.92. The second-order valence-electron chi connectivity index (χ2n) is 5.73. The van der Waals surface area contributed by atoms with Gasteiger partial charge in [0.2, 0.25) is 0 Å². The molecule has 5 heteroatoms. The minimum atomic E-state index is -4.10. The van der Waals surface area contributed by atoms with Crippen molar-refractivity contribution < 1.29 is 13.2 Å². The summed E-state index contributed by atoms with van der Waals surface area (Å²) < 4.78 is 36.2. The van der Waals surface area contributed by atoms with Gasteiger partial charge in [0, 0.05) is 18.6 Å². The molecule has 18 heavy (non-hydrogen) atoms. The van der Waals surface area contributed by atoms with Gasteiger partial charge in [-0.25, -0.2) is 0 Å². The molecule has 0 aromatic carbocycles. The molecule has 0 amide bonds. The summed E-state index contributed by atoms with van der Waals surface area (Å²) in [4.78, 5) is 2.42. The maximum Gasteiger partial charge on any atom is 0.401 e. The summed E-state index contributed by atoms with van der Waals surface area (Å²) in [6.07, 6.45) is 2.28. The van der Waals surface area contributed by atoms with Crippen molar-refractivity contribution in [3.63, 3.8) is 0 Å². The van der Waals surface area contributed by atoms with Gasteiger partial charge in [-0.05, 0) is 38.6 Å². The van der Waals surface area contributed by atoms with Crippen LogP contribution in [0.25, 0.3) is 0 Å². The molecule has 2 fully saturated rings. The Morgan fingerprint density at radius 1 is 1.22 bits per heavy atom. The third kappa shape index (κ3) is 3.60. The smallest absolute Gasteiger partial charge is 0.307 e. The molecular formula is C13H23F3N2. The molecule has 0 bridgehead atoms. The quantitative estimate of drug-likeness (QED) is 0.840. The van der Waals surface area contributed by atoms with Gasteiger partial charge in [0.25, 0.3) is 0 Å². The Bertz CT molecular complexity index is 267. The molecule has 0 spiro atoms. The third-order valence-corrected chi connectivity index (χ3v) is 4.38. The van der Waals surface area contributed by atoms with Crippen LogP contribution in [0.1, 0.15) is 39.0 Å². The van der Waals surface area contributed by atoms with Crippen molar-refractivity contribution in [2.24, 2.45) is 5.92 Å². The van der Waals surface area contributed by atoms with Crippen molar-refractivity contribution in [3.05, 3.63) is 0 Å². The largest absolute Gasteiger partial charge is 0.401 e. The number of halogens is 3. The maximum atomic E-state index is 12.1. The van der Waals surface area contributed by atoms with Gasteiger partial charge in [0.15, 0.2) is 0 Å². The van der Waals surface area contributed by atoms with Crippen LogP contribution in [-0.4, -0.2) is 42.8 Å². The van der Waals surface area contributed by atoms with E-state index in [2.05, 4.69) is 10.2 Å². The molecule has 2 nitrogen and oxygen atoms in total. The van der Waals surface area contributed by atoms with Crippen molar-refractivity contribution in [2.45, 2.75) is 57.3 Å². The van der Waals surface area contributed by atoms with Crippen LogP contribution in [0.2, 0.25) is 0 Å². The van der Waals surface area contributed by atoms with Crippen LogP contribution in [0.5, 0.6) is 0 Å². The summed E-state index contributed by atoms with van der Waals surface area (Å²) in [6.45, 7) is 2.66. The molecule has 3 atom stereocenters. The van der Waals surface area contributed by atoms with E-state index in [1.807, 2.05) is 6.92 Å². The highest BCUT2D eigenvalue weighted by atomic mass is 19.4. The molecule has 1 aliphatic carbocycles. The Hall–Kier alpha value is -0.290. The second kappa shape index (κ2) is 5.78. The van der Waals surface area contributed by atoms with Gasteiger partial charge in [-0.15, -0.1) is 0 Å². The van der Waals surface area contributed by atoms with Crippen molar-refractivity contribution in [1.82, 2.24) is 10.2 Å². The van der Waals surface area contributed by atoms with Gasteiger partial charge in [0.1, 0.15) is 0 Å². The first kappa shape index (κ1) is 14.1. The molecule has 1 aliphatic heterocycles. The van der Waals surface area contributed by atoms with Crippen molar-refractivity contribution in [2.75, 3.05) is 19.6 Å². The predicted molar refractivity (Wildman–Crippen MR) is 65.5 cm³/mol. The summed E-state index contributed by atoms with van der Waals surface area (Å²) >= 11 is 0. The van der Waals surface area contributed by atoms with E-state index in [9.17, 15) is 13.2 Å². The normalized spacial score (nSPS) is 31.3. The number of hydrogen-bond donors (Lipinski definition) is 1. The van der Waals surface area contributed by atoms with E-state index in [1.54, 1.807) is 0 Å². The molecule has 1 heterocycles. The molecule has 1 N–H and O–H groups in total. The van der Waals surface area contributed by atoms with E-state index in [4.69, 9.17) is 0 Å². The van der Waals surface area contributed by atoms with E-state index >= 15 is 0 Å². The number of rotatable bonds is 4. The summed E-state index contributed by atoms with van der Waals surface area (Å²) in [7, 11) is 0. The molecule has 0 radical (unpaired) electrons. The lowest BCUT2D eigenvalue weighted by Crippen LogP contribution is -2.46. The number of likely N-dealkylation sites (tertiary alicyclic amines) is 1. The standard InChI is InChI=1S/C13H23F3N2/c1-10(8-17-9-13(14,15)16)18-7-6-11-4-2-3-5-12(11)18/h10-12,17H,2-9H2,1H3. The first-order valence-corrected chi connectivity index (χ1v) is 7.00. The average molecular weight is 264 g/mol. The van der Waals surface area contributed by atoms with E-state index in [-0.39, 0.29) is 6.04 Å². The maximum absolute atomic E-state index is 12.1. The van der Waals surface area contributed by atoms with Crippen LogP contribution < -0.4 is 5.32 Å². The summed E-state index contributed by atoms with van der Waals surface area (Å²) in [5.74, 6) is 0.795. The molecule has 2 aliphatic rings. The van der Waals surface area contributed by atoms with Gasteiger partial charge in [-0.3, -0.25) is 4.90 Å². The zero-order valence-corrected chi connectivity index (χ0v) is 11.0. The van der Waals surface area contributed by atoms with Gasteiger partial charge >= 0.3 is 6.18 Å². The first-order chi connectivity index (χ1) is 8.47. The lowest BCUT2D eigenvalue weighted by Gasteiger charge is -2.35. The fourth-order valence-corrected chi connectivity index (χ4v) is 3.53. The number of alkyl halides is 3. The van der Waals surface area contributed by atoms with Gasteiger partial charge in [-0.1, -0.05) is 12.8 Å². The van der Waals surface area contributed by atoms with Crippen molar-refractivity contribution >= 4 is 0 Å². The first-order valence-electron chi connectivity index (χ1n) is 7.00. The molecule has 1 saturated carbocycles. The van der Waals surface area contributed by atoms with E-state index < -0.39 is 12.7 Å². The monoisotopic (exact) mass is 264 g/mol. The third-order valence-electron chi connectivity index (χ3n) is 4.38. The van der Waals surface area contributed by atoms with Gasteiger partial charge < -0.3 is 5.32 Å². The summed E-state index contributed by atoms with van der Waals surface area (Å²) in [5, 5.41) is 2.53. The van der Waals surface area contributed by atoms with Crippen LogP contribution in [-0.2, 0) is 0 Å². The predicted octanol–water partition coefficient (Wildman–Crippen LogP) is 2.79. The van der Waals surface area contributed by atoms with E-state index in [0.29, 0.717) is 12.6 Å². The zero-order valence-electron chi connectivity index (χ0n) is 11.0. The van der Waals surface area contributed by atoms with Crippen LogP contribution in [0.3, 0.4) is 0 Å². The summed E-state index contributed by atoms with van der Waals surface area (Å²) in [5.41, 5.74) is 0.